The smallest absolute Gasteiger partial charge is 0.254 e. The SMILES string of the molecule is CN(Cc1cccc(-c2nc3c(c(=O)[nH]2)CCCCC3)c1)Cc1cnccn1. The lowest BCUT2D eigenvalue weighted by atomic mass is 10.1. The summed E-state index contributed by atoms with van der Waals surface area (Å²) in [4.78, 5) is 31.0. The summed E-state index contributed by atoms with van der Waals surface area (Å²) >= 11 is 0. The third-order valence-electron chi connectivity index (χ3n) is 5.14. The molecule has 28 heavy (non-hydrogen) atoms. The highest BCUT2D eigenvalue weighted by Crippen LogP contribution is 2.21. The minimum Gasteiger partial charge on any atom is -0.306 e. The first kappa shape index (κ1) is 18.5. The number of nitrogens with zero attached hydrogens (tertiary/aromatic N) is 4. The average Bonchev–Trinajstić information content (AvgIpc) is 2.95. The maximum atomic E-state index is 12.6. The number of aryl methyl sites for hydroxylation is 1. The Kier molecular flexibility index (Phi) is 5.58. The number of rotatable bonds is 5. The summed E-state index contributed by atoms with van der Waals surface area (Å²) in [5.41, 5.74) is 4.93. The van der Waals surface area contributed by atoms with Crippen LogP contribution in [0.4, 0.5) is 0 Å². The second kappa shape index (κ2) is 8.44. The van der Waals surface area contributed by atoms with Crippen LogP contribution in [0, 0.1) is 0 Å². The third kappa shape index (κ3) is 4.34. The van der Waals surface area contributed by atoms with Gasteiger partial charge in [-0.3, -0.25) is 19.7 Å². The molecule has 144 valence electrons. The van der Waals surface area contributed by atoms with Crippen molar-refractivity contribution in [1.29, 1.82) is 0 Å². The Morgan fingerprint density at radius 1 is 1.11 bits per heavy atom. The Labute approximate surface area is 164 Å². The summed E-state index contributed by atoms with van der Waals surface area (Å²) < 4.78 is 0. The number of nitrogens with one attached hydrogen (secondary N) is 1. The van der Waals surface area contributed by atoms with E-state index < -0.39 is 0 Å². The molecule has 4 rings (SSSR count). The zero-order valence-electron chi connectivity index (χ0n) is 16.2. The summed E-state index contributed by atoms with van der Waals surface area (Å²) in [6, 6.07) is 8.23. The lowest BCUT2D eigenvalue weighted by Crippen LogP contribution is -2.19. The molecule has 0 saturated heterocycles. The van der Waals surface area contributed by atoms with E-state index in [0.29, 0.717) is 5.82 Å². The van der Waals surface area contributed by atoms with Crippen LogP contribution >= 0.6 is 0 Å². The number of aromatic nitrogens is 4. The highest BCUT2D eigenvalue weighted by molar-refractivity contribution is 5.56. The van der Waals surface area contributed by atoms with Gasteiger partial charge in [0.2, 0.25) is 0 Å². The number of H-pyrrole nitrogens is 1. The molecule has 0 spiro atoms. The lowest BCUT2D eigenvalue weighted by Gasteiger charge is -2.16. The van der Waals surface area contributed by atoms with Crippen molar-refractivity contribution in [3.05, 3.63) is 75.7 Å². The molecule has 0 radical (unpaired) electrons. The van der Waals surface area contributed by atoms with Crippen molar-refractivity contribution < 1.29 is 0 Å². The Morgan fingerprint density at radius 2 is 2.00 bits per heavy atom. The van der Waals surface area contributed by atoms with Crippen LogP contribution in [0.15, 0.2) is 47.7 Å². The second-order valence-corrected chi connectivity index (χ2v) is 7.47. The van der Waals surface area contributed by atoms with E-state index in [1.165, 1.54) is 12.0 Å². The molecule has 3 aromatic rings. The van der Waals surface area contributed by atoms with Gasteiger partial charge in [-0.1, -0.05) is 24.6 Å². The van der Waals surface area contributed by atoms with Crippen molar-refractivity contribution in [2.45, 2.75) is 45.2 Å². The number of hydrogen-bond donors (Lipinski definition) is 1. The van der Waals surface area contributed by atoms with Gasteiger partial charge in [0.25, 0.3) is 5.56 Å². The number of fused-ring (bicyclic) bond motifs is 1. The van der Waals surface area contributed by atoms with Crippen LogP contribution in [0.3, 0.4) is 0 Å². The predicted octanol–water partition coefficient (Wildman–Crippen LogP) is 3.13. The van der Waals surface area contributed by atoms with E-state index in [9.17, 15) is 4.79 Å². The molecular weight excluding hydrogens is 350 g/mol. The van der Waals surface area contributed by atoms with Crippen LogP contribution in [-0.2, 0) is 25.9 Å². The minimum atomic E-state index is 0.0204. The predicted molar refractivity (Wildman–Crippen MR) is 109 cm³/mol. The fraction of sp³-hybridized carbons (Fsp3) is 0.364. The topological polar surface area (TPSA) is 74.8 Å². The van der Waals surface area contributed by atoms with E-state index >= 15 is 0 Å². The minimum absolute atomic E-state index is 0.0204. The van der Waals surface area contributed by atoms with Crippen LogP contribution in [0.2, 0.25) is 0 Å². The largest absolute Gasteiger partial charge is 0.306 e. The molecular formula is C22H25N5O. The Balaban J connectivity index is 1.55. The van der Waals surface area contributed by atoms with Crippen molar-refractivity contribution in [3.8, 4) is 11.4 Å². The van der Waals surface area contributed by atoms with Crippen molar-refractivity contribution >= 4 is 0 Å². The molecule has 0 atom stereocenters. The van der Waals surface area contributed by atoms with Crippen LogP contribution in [0.1, 0.15) is 41.8 Å². The van der Waals surface area contributed by atoms with Gasteiger partial charge in [0.15, 0.2) is 0 Å². The average molecular weight is 375 g/mol. The standard InChI is InChI=1S/C22H25N5O/c1-27(15-18-13-23-10-11-24-18)14-16-6-5-7-17(12-16)21-25-20-9-4-2-3-8-19(20)22(28)26-21/h5-7,10-13H,2-4,8-9,14-15H2,1H3,(H,25,26,28). The molecule has 1 aliphatic carbocycles. The van der Waals surface area contributed by atoms with Crippen molar-refractivity contribution in [1.82, 2.24) is 24.8 Å². The van der Waals surface area contributed by atoms with Crippen LogP contribution < -0.4 is 5.56 Å². The first-order valence-electron chi connectivity index (χ1n) is 9.84. The molecule has 6 heteroatoms. The van der Waals surface area contributed by atoms with E-state index in [1.807, 2.05) is 12.1 Å². The molecule has 1 aromatic carbocycles. The highest BCUT2D eigenvalue weighted by atomic mass is 16.1. The quantitative estimate of drug-likeness (QED) is 0.694. The molecule has 0 amide bonds. The molecule has 2 heterocycles. The fourth-order valence-electron chi connectivity index (χ4n) is 3.79. The molecule has 1 N–H and O–H groups in total. The molecule has 0 saturated carbocycles. The van der Waals surface area contributed by atoms with E-state index in [1.54, 1.807) is 18.6 Å². The van der Waals surface area contributed by atoms with Crippen LogP contribution in [0.5, 0.6) is 0 Å². The van der Waals surface area contributed by atoms with Crippen molar-refractivity contribution in [2.24, 2.45) is 0 Å². The Hall–Kier alpha value is -2.86. The number of hydrogen-bond acceptors (Lipinski definition) is 5. The summed E-state index contributed by atoms with van der Waals surface area (Å²) in [6.45, 7) is 1.51. The lowest BCUT2D eigenvalue weighted by molar-refractivity contribution is 0.314. The van der Waals surface area contributed by atoms with Gasteiger partial charge in [-0.2, -0.15) is 0 Å². The summed E-state index contributed by atoms with van der Waals surface area (Å²) in [7, 11) is 2.06. The molecule has 6 nitrogen and oxygen atoms in total. The van der Waals surface area contributed by atoms with Gasteiger partial charge in [0.1, 0.15) is 5.82 Å². The highest BCUT2D eigenvalue weighted by Gasteiger charge is 2.15. The molecule has 0 bridgehead atoms. The fourth-order valence-corrected chi connectivity index (χ4v) is 3.79. The normalized spacial score (nSPS) is 13.9. The van der Waals surface area contributed by atoms with Gasteiger partial charge in [-0.25, -0.2) is 4.98 Å². The number of benzene rings is 1. The Bertz CT molecular complexity index is 999. The monoisotopic (exact) mass is 375 g/mol. The van der Waals surface area contributed by atoms with Gasteiger partial charge in [-0.15, -0.1) is 0 Å². The first-order valence-corrected chi connectivity index (χ1v) is 9.84. The maximum Gasteiger partial charge on any atom is 0.254 e. The molecule has 0 fully saturated rings. The zero-order valence-corrected chi connectivity index (χ0v) is 16.2. The van der Waals surface area contributed by atoms with Crippen molar-refractivity contribution in [3.63, 3.8) is 0 Å². The molecule has 0 unspecified atom stereocenters. The van der Waals surface area contributed by atoms with Gasteiger partial charge in [0, 0.05) is 42.8 Å². The van der Waals surface area contributed by atoms with E-state index in [-0.39, 0.29) is 5.56 Å². The molecule has 1 aliphatic rings. The van der Waals surface area contributed by atoms with Crippen LogP contribution in [0.25, 0.3) is 11.4 Å². The van der Waals surface area contributed by atoms with E-state index in [2.05, 4.69) is 39.0 Å². The summed E-state index contributed by atoms with van der Waals surface area (Å²) in [5.74, 6) is 0.670. The summed E-state index contributed by atoms with van der Waals surface area (Å²) in [6.07, 6.45) is 10.3. The first-order chi connectivity index (χ1) is 13.7. The van der Waals surface area contributed by atoms with E-state index in [0.717, 1.165) is 61.3 Å². The summed E-state index contributed by atoms with van der Waals surface area (Å²) in [5, 5.41) is 0. The van der Waals surface area contributed by atoms with E-state index in [4.69, 9.17) is 4.98 Å². The van der Waals surface area contributed by atoms with Gasteiger partial charge < -0.3 is 4.98 Å². The van der Waals surface area contributed by atoms with Gasteiger partial charge >= 0.3 is 0 Å². The number of aromatic amines is 1. The maximum absolute atomic E-state index is 12.6. The molecule has 2 aromatic heterocycles. The van der Waals surface area contributed by atoms with Crippen LogP contribution in [-0.4, -0.2) is 31.9 Å². The van der Waals surface area contributed by atoms with Crippen molar-refractivity contribution in [2.75, 3.05) is 7.05 Å². The molecule has 0 aliphatic heterocycles. The van der Waals surface area contributed by atoms with Gasteiger partial charge in [-0.05, 0) is 44.4 Å². The second-order valence-electron chi connectivity index (χ2n) is 7.47. The Morgan fingerprint density at radius 3 is 2.86 bits per heavy atom. The zero-order chi connectivity index (χ0) is 19.3. The third-order valence-corrected chi connectivity index (χ3v) is 5.14. The van der Waals surface area contributed by atoms with Gasteiger partial charge in [0.05, 0.1) is 11.4 Å².